The number of sulfone groups is 1. The van der Waals surface area contributed by atoms with Gasteiger partial charge in [-0.25, -0.2) is 8.42 Å². The first kappa shape index (κ1) is 19.2. The minimum Gasteiger partial charge on any atom is -0.489 e. The number of benzene rings is 1. The molecular formula is C18H22ClNO5S. The fourth-order valence-corrected chi connectivity index (χ4v) is 5.03. The average Bonchev–Trinajstić information content (AvgIpc) is 3.23. The first-order valence-corrected chi connectivity index (χ1v) is 10.6. The Hall–Kier alpha value is -1.54. The lowest BCUT2D eigenvalue weighted by Gasteiger charge is -2.29. The number of rotatable bonds is 8. The first-order chi connectivity index (χ1) is 12.4. The second kappa shape index (κ2) is 8.43. The zero-order valence-electron chi connectivity index (χ0n) is 14.3. The third-order valence-corrected chi connectivity index (χ3v) is 6.44. The Balaban J connectivity index is 1.62. The van der Waals surface area contributed by atoms with Crippen molar-refractivity contribution in [2.75, 3.05) is 24.7 Å². The second-order valence-corrected chi connectivity index (χ2v) is 9.10. The zero-order valence-corrected chi connectivity index (χ0v) is 15.8. The fourth-order valence-electron chi connectivity index (χ4n) is 3.08. The van der Waals surface area contributed by atoms with Crippen LogP contribution in [0.25, 0.3) is 0 Å². The molecule has 0 radical (unpaired) electrons. The molecule has 1 aromatic carbocycles. The van der Waals surface area contributed by atoms with Crippen molar-refractivity contribution in [1.29, 1.82) is 0 Å². The van der Waals surface area contributed by atoms with Crippen LogP contribution in [0.4, 0.5) is 0 Å². The molecule has 142 valence electrons. The minimum atomic E-state index is -3.02. The molecule has 1 saturated heterocycles. The van der Waals surface area contributed by atoms with E-state index in [1.165, 1.54) is 0 Å². The summed E-state index contributed by atoms with van der Waals surface area (Å²) in [5, 5.41) is 10.9. The molecule has 1 fully saturated rings. The molecule has 2 aromatic rings. The van der Waals surface area contributed by atoms with Crippen LogP contribution in [0.3, 0.4) is 0 Å². The quantitative estimate of drug-likeness (QED) is 0.734. The highest BCUT2D eigenvalue weighted by Crippen LogP contribution is 2.24. The number of aliphatic hydroxyl groups excluding tert-OH is 1. The van der Waals surface area contributed by atoms with Gasteiger partial charge in [-0.15, -0.1) is 0 Å². The van der Waals surface area contributed by atoms with Crippen molar-refractivity contribution in [1.82, 2.24) is 4.90 Å². The van der Waals surface area contributed by atoms with E-state index >= 15 is 0 Å². The van der Waals surface area contributed by atoms with Gasteiger partial charge in [0, 0.05) is 12.6 Å². The third kappa shape index (κ3) is 5.23. The van der Waals surface area contributed by atoms with Gasteiger partial charge in [-0.1, -0.05) is 23.7 Å². The number of hydrogen-bond donors (Lipinski definition) is 1. The van der Waals surface area contributed by atoms with Gasteiger partial charge in [-0.05, 0) is 30.7 Å². The van der Waals surface area contributed by atoms with Crippen molar-refractivity contribution in [2.45, 2.75) is 25.1 Å². The molecular weight excluding hydrogens is 378 g/mol. The predicted octanol–water partition coefficient (Wildman–Crippen LogP) is 2.36. The number of halogens is 1. The minimum absolute atomic E-state index is 0.0673. The van der Waals surface area contributed by atoms with Gasteiger partial charge in [0.1, 0.15) is 24.2 Å². The molecule has 1 aliphatic rings. The van der Waals surface area contributed by atoms with Crippen molar-refractivity contribution in [3.05, 3.63) is 53.4 Å². The lowest BCUT2D eigenvalue weighted by Crippen LogP contribution is -2.42. The van der Waals surface area contributed by atoms with Gasteiger partial charge in [0.05, 0.1) is 29.3 Å². The zero-order chi connectivity index (χ0) is 18.6. The molecule has 0 bridgehead atoms. The van der Waals surface area contributed by atoms with Crippen molar-refractivity contribution >= 4 is 21.4 Å². The Labute approximate surface area is 158 Å². The lowest BCUT2D eigenvalue weighted by atomic mass is 10.2. The molecule has 0 saturated carbocycles. The second-order valence-electron chi connectivity index (χ2n) is 6.46. The number of ether oxygens (including phenoxy) is 1. The monoisotopic (exact) mass is 399 g/mol. The van der Waals surface area contributed by atoms with Crippen molar-refractivity contribution < 1.29 is 22.7 Å². The highest BCUT2D eigenvalue weighted by molar-refractivity contribution is 7.91. The normalized spacial score (nSPS) is 20.3. The van der Waals surface area contributed by atoms with Crippen LogP contribution in [-0.2, 0) is 16.4 Å². The molecule has 1 N–H and O–H groups in total. The molecule has 26 heavy (non-hydrogen) atoms. The van der Waals surface area contributed by atoms with Crippen molar-refractivity contribution in [3.63, 3.8) is 0 Å². The molecule has 2 atom stereocenters. The largest absolute Gasteiger partial charge is 0.489 e. The van der Waals surface area contributed by atoms with Gasteiger partial charge < -0.3 is 14.3 Å². The van der Waals surface area contributed by atoms with Crippen LogP contribution < -0.4 is 4.74 Å². The van der Waals surface area contributed by atoms with Crippen LogP contribution in [0.2, 0.25) is 5.02 Å². The summed E-state index contributed by atoms with van der Waals surface area (Å²) in [5.74, 6) is 1.52. The topological polar surface area (TPSA) is 80.0 Å². The summed E-state index contributed by atoms with van der Waals surface area (Å²) in [7, 11) is -3.02. The van der Waals surface area contributed by atoms with Gasteiger partial charge in [-0.2, -0.15) is 0 Å². The van der Waals surface area contributed by atoms with E-state index in [2.05, 4.69) is 0 Å². The van der Waals surface area contributed by atoms with Crippen molar-refractivity contribution in [3.8, 4) is 5.75 Å². The molecule has 8 heteroatoms. The van der Waals surface area contributed by atoms with E-state index in [-0.39, 0.29) is 30.7 Å². The van der Waals surface area contributed by atoms with Crippen molar-refractivity contribution in [2.24, 2.45) is 0 Å². The molecule has 2 heterocycles. The molecule has 1 aliphatic heterocycles. The van der Waals surface area contributed by atoms with Gasteiger partial charge in [0.25, 0.3) is 0 Å². The summed E-state index contributed by atoms with van der Waals surface area (Å²) in [5.41, 5.74) is 0. The molecule has 2 unspecified atom stereocenters. The maximum atomic E-state index is 11.8. The molecule has 1 aromatic heterocycles. The Morgan fingerprint density at radius 3 is 2.77 bits per heavy atom. The Morgan fingerprint density at radius 2 is 2.12 bits per heavy atom. The summed E-state index contributed by atoms with van der Waals surface area (Å²) in [6, 6.07) is 10.5. The Morgan fingerprint density at radius 1 is 1.31 bits per heavy atom. The molecule has 0 spiro atoms. The molecule has 0 amide bonds. The van der Waals surface area contributed by atoms with Crippen LogP contribution in [0.15, 0.2) is 47.1 Å². The van der Waals surface area contributed by atoms with Gasteiger partial charge >= 0.3 is 0 Å². The predicted molar refractivity (Wildman–Crippen MR) is 99.1 cm³/mol. The molecule has 3 rings (SSSR count). The van der Waals surface area contributed by atoms with E-state index in [0.717, 1.165) is 5.76 Å². The number of hydrogen-bond acceptors (Lipinski definition) is 6. The molecule has 0 aliphatic carbocycles. The Bertz CT molecular complexity index is 809. The molecule has 6 nitrogen and oxygen atoms in total. The van der Waals surface area contributed by atoms with Crippen LogP contribution in [0.1, 0.15) is 12.2 Å². The number of furan rings is 1. The van der Waals surface area contributed by atoms with E-state index < -0.39 is 15.9 Å². The highest BCUT2D eigenvalue weighted by Gasteiger charge is 2.33. The number of aliphatic hydroxyl groups is 1. The van der Waals surface area contributed by atoms with E-state index in [4.69, 9.17) is 20.8 Å². The van der Waals surface area contributed by atoms with Gasteiger partial charge in [0.15, 0.2) is 9.84 Å². The maximum absolute atomic E-state index is 11.8. The average molecular weight is 400 g/mol. The first-order valence-electron chi connectivity index (χ1n) is 8.45. The number of para-hydroxylation sites is 1. The summed E-state index contributed by atoms with van der Waals surface area (Å²) < 4.78 is 34.6. The summed E-state index contributed by atoms with van der Waals surface area (Å²) in [4.78, 5) is 1.95. The highest BCUT2D eigenvalue weighted by atomic mass is 35.5. The van der Waals surface area contributed by atoms with Crippen LogP contribution >= 0.6 is 11.6 Å². The van der Waals surface area contributed by atoms with E-state index in [1.807, 2.05) is 11.0 Å². The summed E-state index contributed by atoms with van der Waals surface area (Å²) in [6.45, 7) is 0.791. The maximum Gasteiger partial charge on any atom is 0.151 e. The lowest BCUT2D eigenvalue weighted by molar-refractivity contribution is 0.0497. The SMILES string of the molecule is O=S1(=O)CCC(N(Cc2ccco2)CC(O)COc2ccccc2Cl)C1. The fraction of sp³-hybridized carbons (Fsp3) is 0.444. The number of nitrogens with zero attached hydrogens (tertiary/aromatic N) is 1. The van der Waals surface area contributed by atoms with Crippen LogP contribution in [0, 0.1) is 0 Å². The summed E-state index contributed by atoms with van der Waals surface area (Å²) >= 11 is 6.05. The standard InChI is InChI=1S/C18H22ClNO5S/c19-17-5-1-2-6-18(17)25-12-15(21)10-20(11-16-4-3-8-24-16)14-7-9-26(22,23)13-14/h1-6,8,14-15,21H,7,9-13H2. The van der Waals surface area contributed by atoms with Crippen LogP contribution in [-0.4, -0.2) is 55.2 Å². The van der Waals surface area contributed by atoms with Gasteiger partial charge in [-0.3, -0.25) is 4.90 Å². The summed E-state index contributed by atoms with van der Waals surface area (Å²) in [6.07, 6.45) is 1.35. The van der Waals surface area contributed by atoms with E-state index in [1.54, 1.807) is 36.6 Å². The van der Waals surface area contributed by atoms with E-state index in [0.29, 0.717) is 23.7 Å². The third-order valence-electron chi connectivity index (χ3n) is 4.38. The van der Waals surface area contributed by atoms with E-state index in [9.17, 15) is 13.5 Å². The van der Waals surface area contributed by atoms with Gasteiger partial charge in [0.2, 0.25) is 0 Å². The smallest absolute Gasteiger partial charge is 0.151 e. The van der Waals surface area contributed by atoms with Crippen LogP contribution in [0.5, 0.6) is 5.75 Å². The Kier molecular flexibility index (Phi) is 6.24.